The Labute approximate surface area is 111 Å². The van der Waals surface area contributed by atoms with Gasteiger partial charge in [0.25, 0.3) is 0 Å². The average molecular weight is 253 g/mol. The Morgan fingerprint density at radius 2 is 2.00 bits per heavy atom. The summed E-state index contributed by atoms with van der Waals surface area (Å²) in [6, 6.07) is 0.605. The number of nitrogens with one attached hydrogen (secondary N) is 1. The van der Waals surface area contributed by atoms with Crippen LogP contribution >= 0.6 is 0 Å². The second-order valence-electron chi connectivity index (χ2n) is 6.09. The fraction of sp³-hybridized carbons (Fsp3) is 0.929. The normalized spacial score (nSPS) is 25.9. The molecule has 0 aromatic rings. The number of fused-ring (bicyclic) bond motifs is 1. The molecular formula is C14H27N3O. The number of hydrogen-bond donors (Lipinski definition) is 1. The van der Waals surface area contributed by atoms with E-state index in [2.05, 4.69) is 22.0 Å². The van der Waals surface area contributed by atoms with E-state index in [1.165, 1.54) is 19.4 Å². The molecule has 104 valence electrons. The Hall–Kier alpha value is -0.610. The number of hydrogen-bond acceptors (Lipinski definition) is 3. The molecule has 0 saturated carbocycles. The highest BCUT2D eigenvalue weighted by Crippen LogP contribution is 2.22. The summed E-state index contributed by atoms with van der Waals surface area (Å²) in [5, 5.41) is 3.29. The zero-order valence-corrected chi connectivity index (χ0v) is 12.0. The molecule has 0 aromatic carbocycles. The van der Waals surface area contributed by atoms with Gasteiger partial charge in [-0.3, -0.25) is 9.69 Å². The molecule has 2 heterocycles. The third-order valence-corrected chi connectivity index (χ3v) is 4.24. The number of rotatable bonds is 3. The van der Waals surface area contributed by atoms with Gasteiger partial charge in [-0.05, 0) is 46.2 Å². The number of carbonyl (C=O) groups is 1. The molecule has 2 aliphatic rings. The van der Waals surface area contributed by atoms with E-state index in [1.807, 2.05) is 13.8 Å². The van der Waals surface area contributed by atoms with Crippen molar-refractivity contribution in [2.45, 2.75) is 51.6 Å². The van der Waals surface area contributed by atoms with Crippen LogP contribution in [0.15, 0.2) is 0 Å². The van der Waals surface area contributed by atoms with Crippen LogP contribution in [-0.4, -0.2) is 60.0 Å². The van der Waals surface area contributed by atoms with Gasteiger partial charge in [0.1, 0.15) is 0 Å². The predicted molar refractivity (Wildman–Crippen MR) is 73.5 cm³/mol. The van der Waals surface area contributed by atoms with Crippen molar-refractivity contribution in [3.8, 4) is 0 Å². The Morgan fingerprint density at radius 3 is 2.72 bits per heavy atom. The van der Waals surface area contributed by atoms with Crippen LogP contribution in [0.3, 0.4) is 0 Å². The van der Waals surface area contributed by atoms with Gasteiger partial charge in [0, 0.05) is 25.7 Å². The maximum absolute atomic E-state index is 12.6. The van der Waals surface area contributed by atoms with Crippen molar-refractivity contribution in [1.29, 1.82) is 0 Å². The summed E-state index contributed by atoms with van der Waals surface area (Å²) in [6.07, 6.45) is 3.67. The highest BCUT2D eigenvalue weighted by molar-refractivity contribution is 5.85. The van der Waals surface area contributed by atoms with Crippen molar-refractivity contribution in [1.82, 2.24) is 15.1 Å². The second-order valence-corrected chi connectivity index (χ2v) is 6.09. The molecule has 18 heavy (non-hydrogen) atoms. The summed E-state index contributed by atoms with van der Waals surface area (Å²) < 4.78 is 0. The molecule has 1 unspecified atom stereocenters. The summed E-state index contributed by atoms with van der Waals surface area (Å²) in [7, 11) is 0. The number of likely N-dealkylation sites (N-methyl/N-ethyl adjacent to an activating group) is 1. The van der Waals surface area contributed by atoms with Crippen molar-refractivity contribution in [3.63, 3.8) is 0 Å². The molecule has 2 aliphatic heterocycles. The topological polar surface area (TPSA) is 35.6 Å². The molecule has 4 heteroatoms. The van der Waals surface area contributed by atoms with E-state index in [9.17, 15) is 4.79 Å². The molecular weight excluding hydrogens is 226 g/mol. The van der Waals surface area contributed by atoms with E-state index in [0.717, 1.165) is 32.6 Å². The minimum atomic E-state index is -0.428. The zero-order valence-electron chi connectivity index (χ0n) is 12.0. The first kappa shape index (κ1) is 13.8. The SMILES string of the molecule is CCNC(C)(C)C(=O)N1CCCN2CCCC2C1. The lowest BCUT2D eigenvalue weighted by atomic mass is 10.0. The maximum Gasteiger partial charge on any atom is 0.242 e. The van der Waals surface area contributed by atoms with Gasteiger partial charge in [0.05, 0.1) is 5.54 Å². The first-order chi connectivity index (χ1) is 8.54. The largest absolute Gasteiger partial charge is 0.339 e. The molecule has 1 atom stereocenters. The van der Waals surface area contributed by atoms with Gasteiger partial charge < -0.3 is 10.2 Å². The van der Waals surface area contributed by atoms with Gasteiger partial charge in [-0.2, -0.15) is 0 Å². The Balaban J connectivity index is 2.01. The van der Waals surface area contributed by atoms with Crippen LogP contribution in [0.1, 0.15) is 40.0 Å². The molecule has 0 spiro atoms. The van der Waals surface area contributed by atoms with Crippen molar-refractivity contribution in [2.75, 3.05) is 32.7 Å². The van der Waals surface area contributed by atoms with Crippen LogP contribution in [0.2, 0.25) is 0 Å². The molecule has 2 rings (SSSR count). The van der Waals surface area contributed by atoms with Crippen molar-refractivity contribution >= 4 is 5.91 Å². The summed E-state index contributed by atoms with van der Waals surface area (Å²) in [4.78, 5) is 17.2. The van der Waals surface area contributed by atoms with Crippen LogP contribution in [0.4, 0.5) is 0 Å². The summed E-state index contributed by atoms with van der Waals surface area (Å²) >= 11 is 0. The summed E-state index contributed by atoms with van der Waals surface area (Å²) in [6.45, 7) is 11.1. The minimum Gasteiger partial charge on any atom is -0.339 e. The van der Waals surface area contributed by atoms with E-state index in [1.54, 1.807) is 0 Å². The number of amides is 1. The number of nitrogens with zero attached hydrogens (tertiary/aromatic N) is 2. The van der Waals surface area contributed by atoms with E-state index in [-0.39, 0.29) is 5.91 Å². The fourth-order valence-electron chi connectivity index (χ4n) is 3.30. The number of carbonyl (C=O) groups excluding carboxylic acids is 1. The van der Waals surface area contributed by atoms with E-state index < -0.39 is 5.54 Å². The quantitative estimate of drug-likeness (QED) is 0.817. The van der Waals surface area contributed by atoms with Crippen LogP contribution < -0.4 is 5.32 Å². The Bertz CT molecular complexity index is 303. The average Bonchev–Trinajstić information content (AvgIpc) is 2.65. The molecule has 4 nitrogen and oxygen atoms in total. The van der Waals surface area contributed by atoms with Crippen LogP contribution in [-0.2, 0) is 4.79 Å². The second kappa shape index (κ2) is 5.57. The molecule has 2 saturated heterocycles. The van der Waals surface area contributed by atoms with E-state index in [4.69, 9.17) is 0 Å². The highest BCUT2D eigenvalue weighted by Gasteiger charge is 2.35. The summed E-state index contributed by atoms with van der Waals surface area (Å²) in [5.74, 6) is 0.262. The van der Waals surface area contributed by atoms with E-state index in [0.29, 0.717) is 6.04 Å². The molecule has 1 amide bonds. The zero-order chi connectivity index (χ0) is 13.2. The van der Waals surface area contributed by atoms with Gasteiger partial charge >= 0.3 is 0 Å². The lowest BCUT2D eigenvalue weighted by Gasteiger charge is -2.33. The van der Waals surface area contributed by atoms with Crippen molar-refractivity contribution < 1.29 is 4.79 Å². The Morgan fingerprint density at radius 1 is 1.28 bits per heavy atom. The molecule has 0 radical (unpaired) electrons. The van der Waals surface area contributed by atoms with E-state index >= 15 is 0 Å². The van der Waals surface area contributed by atoms with Gasteiger partial charge in [-0.1, -0.05) is 6.92 Å². The molecule has 1 N–H and O–H groups in total. The van der Waals surface area contributed by atoms with Gasteiger partial charge in [-0.15, -0.1) is 0 Å². The van der Waals surface area contributed by atoms with Gasteiger partial charge in [-0.25, -0.2) is 0 Å². The van der Waals surface area contributed by atoms with Crippen LogP contribution in [0.5, 0.6) is 0 Å². The Kier molecular flexibility index (Phi) is 4.28. The third kappa shape index (κ3) is 2.86. The van der Waals surface area contributed by atoms with Crippen LogP contribution in [0, 0.1) is 0 Å². The smallest absolute Gasteiger partial charge is 0.242 e. The molecule has 2 fully saturated rings. The lowest BCUT2D eigenvalue weighted by molar-refractivity contribution is -0.137. The fourth-order valence-corrected chi connectivity index (χ4v) is 3.30. The molecule has 0 aliphatic carbocycles. The monoisotopic (exact) mass is 253 g/mol. The van der Waals surface area contributed by atoms with Crippen LogP contribution in [0.25, 0.3) is 0 Å². The van der Waals surface area contributed by atoms with Crippen molar-refractivity contribution in [3.05, 3.63) is 0 Å². The summed E-state index contributed by atoms with van der Waals surface area (Å²) in [5.41, 5.74) is -0.428. The minimum absolute atomic E-state index is 0.262. The standard InChI is InChI=1S/C14H27N3O/c1-4-15-14(2,3)13(18)17-10-6-9-16-8-5-7-12(16)11-17/h12,15H,4-11H2,1-3H3. The molecule has 0 aromatic heterocycles. The highest BCUT2D eigenvalue weighted by atomic mass is 16.2. The van der Waals surface area contributed by atoms with Gasteiger partial charge in [0.2, 0.25) is 5.91 Å². The third-order valence-electron chi connectivity index (χ3n) is 4.24. The maximum atomic E-state index is 12.6. The predicted octanol–water partition coefficient (Wildman–Crippen LogP) is 1.07. The first-order valence-electron chi connectivity index (χ1n) is 7.33. The first-order valence-corrected chi connectivity index (χ1v) is 7.33. The van der Waals surface area contributed by atoms with Gasteiger partial charge in [0.15, 0.2) is 0 Å². The van der Waals surface area contributed by atoms with Crippen molar-refractivity contribution in [2.24, 2.45) is 0 Å². The lowest BCUT2D eigenvalue weighted by Crippen LogP contribution is -2.55. The molecule has 0 bridgehead atoms.